The normalized spacial score (nSPS) is 23.1. The minimum atomic E-state index is 0.169. The lowest BCUT2D eigenvalue weighted by Gasteiger charge is -2.19. The molecule has 3 N–H and O–H groups in total. The van der Waals surface area contributed by atoms with E-state index in [1.807, 2.05) is 6.92 Å². The number of nitrogens with one attached hydrogen (secondary N) is 2. The summed E-state index contributed by atoms with van der Waals surface area (Å²) in [6.45, 7) is 2.88. The summed E-state index contributed by atoms with van der Waals surface area (Å²) in [5.41, 5.74) is 0. The molecular formula is C11H18ClN5O. The van der Waals surface area contributed by atoms with Gasteiger partial charge in [0.25, 0.3) is 0 Å². The van der Waals surface area contributed by atoms with Crippen LogP contribution in [0.3, 0.4) is 0 Å². The lowest BCUT2D eigenvalue weighted by atomic mass is 10.1. The van der Waals surface area contributed by atoms with E-state index in [9.17, 15) is 5.11 Å². The summed E-state index contributed by atoms with van der Waals surface area (Å²) in [6, 6.07) is 0.211. The second-order valence-corrected chi connectivity index (χ2v) is 4.74. The Balaban J connectivity index is 2.08. The number of aromatic nitrogens is 3. The first-order valence-electron chi connectivity index (χ1n) is 6.25. The zero-order valence-electron chi connectivity index (χ0n) is 10.4. The molecule has 2 unspecified atom stereocenters. The van der Waals surface area contributed by atoms with E-state index in [0.29, 0.717) is 11.9 Å². The minimum Gasteiger partial charge on any atom is -0.396 e. The van der Waals surface area contributed by atoms with Gasteiger partial charge in [-0.3, -0.25) is 0 Å². The predicted molar refractivity (Wildman–Crippen MR) is 70.8 cm³/mol. The van der Waals surface area contributed by atoms with Crippen LogP contribution in [0.1, 0.15) is 26.2 Å². The molecule has 0 spiro atoms. The van der Waals surface area contributed by atoms with Crippen molar-refractivity contribution in [1.82, 2.24) is 15.0 Å². The molecule has 100 valence electrons. The summed E-state index contributed by atoms with van der Waals surface area (Å²) >= 11 is 5.85. The van der Waals surface area contributed by atoms with Crippen LogP contribution in [-0.2, 0) is 0 Å². The molecule has 0 bridgehead atoms. The van der Waals surface area contributed by atoms with Gasteiger partial charge in [0.05, 0.1) is 0 Å². The van der Waals surface area contributed by atoms with E-state index in [1.165, 1.54) is 0 Å². The van der Waals surface area contributed by atoms with Gasteiger partial charge in [0.15, 0.2) is 0 Å². The molecule has 18 heavy (non-hydrogen) atoms. The molecular weight excluding hydrogens is 254 g/mol. The maximum Gasteiger partial charge on any atom is 0.229 e. The summed E-state index contributed by atoms with van der Waals surface area (Å²) in [5.74, 6) is 1.21. The number of nitrogens with zero attached hydrogens (tertiary/aromatic N) is 3. The summed E-state index contributed by atoms with van der Waals surface area (Å²) < 4.78 is 0. The number of anilines is 2. The lowest BCUT2D eigenvalue weighted by molar-refractivity contribution is 0.222. The molecule has 2 rings (SSSR count). The van der Waals surface area contributed by atoms with Crippen molar-refractivity contribution in [2.45, 2.75) is 32.2 Å². The molecule has 0 aromatic carbocycles. The molecule has 0 amide bonds. The monoisotopic (exact) mass is 271 g/mol. The standard InChI is InChI=1S/C11H18ClN5O/c1-2-13-10-15-9(12)16-11(17-10)14-8-5-3-4-7(8)6-18/h7-8,18H,2-6H2,1H3,(H2,13,14,15,16,17). The van der Waals surface area contributed by atoms with Gasteiger partial charge in [0.1, 0.15) is 0 Å². The Morgan fingerprint density at radius 1 is 1.28 bits per heavy atom. The average Bonchev–Trinajstić information content (AvgIpc) is 2.76. The van der Waals surface area contributed by atoms with Gasteiger partial charge in [0.2, 0.25) is 17.2 Å². The van der Waals surface area contributed by atoms with Gasteiger partial charge in [-0.25, -0.2) is 0 Å². The molecule has 1 aliphatic carbocycles. The summed E-state index contributed by atoms with van der Waals surface area (Å²) in [4.78, 5) is 12.3. The lowest BCUT2D eigenvalue weighted by Crippen LogP contribution is -2.27. The van der Waals surface area contributed by atoms with Crippen LogP contribution < -0.4 is 10.6 Å². The summed E-state index contributed by atoms with van der Waals surface area (Å²) in [6.07, 6.45) is 3.17. The molecule has 7 heteroatoms. The second kappa shape index (κ2) is 6.15. The zero-order valence-corrected chi connectivity index (χ0v) is 11.1. The minimum absolute atomic E-state index is 0.169. The third-order valence-corrected chi connectivity index (χ3v) is 3.32. The second-order valence-electron chi connectivity index (χ2n) is 4.41. The predicted octanol–water partition coefficient (Wildman–Crippen LogP) is 1.53. The summed E-state index contributed by atoms with van der Waals surface area (Å²) in [7, 11) is 0. The molecule has 1 heterocycles. The number of aliphatic hydroxyl groups excluding tert-OH is 1. The first-order valence-corrected chi connectivity index (χ1v) is 6.63. The van der Waals surface area contributed by atoms with Gasteiger partial charge in [0, 0.05) is 25.1 Å². The maximum atomic E-state index is 9.28. The fourth-order valence-corrected chi connectivity index (χ4v) is 2.42. The van der Waals surface area contributed by atoms with Crippen LogP contribution in [0.15, 0.2) is 0 Å². The van der Waals surface area contributed by atoms with Gasteiger partial charge in [-0.15, -0.1) is 0 Å². The topological polar surface area (TPSA) is 83.0 Å². The van der Waals surface area contributed by atoms with Gasteiger partial charge in [-0.1, -0.05) is 6.42 Å². The highest BCUT2D eigenvalue weighted by molar-refractivity contribution is 6.28. The van der Waals surface area contributed by atoms with E-state index in [2.05, 4.69) is 25.6 Å². The Hall–Kier alpha value is -1.14. The van der Waals surface area contributed by atoms with Crippen molar-refractivity contribution in [3.05, 3.63) is 5.28 Å². The van der Waals surface area contributed by atoms with Crippen molar-refractivity contribution in [2.75, 3.05) is 23.8 Å². The molecule has 6 nitrogen and oxygen atoms in total. The maximum absolute atomic E-state index is 9.28. The molecule has 0 aliphatic heterocycles. The Bertz CT molecular complexity index is 403. The van der Waals surface area contributed by atoms with Crippen LogP contribution in [0.4, 0.5) is 11.9 Å². The highest BCUT2D eigenvalue weighted by atomic mass is 35.5. The first-order chi connectivity index (χ1) is 8.72. The van der Waals surface area contributed by atoms with Gasteiger partial charge in [-0.05, 0) is 31.4 Å². The van der Waals surface area contributed by atoms with Crippen molar-refractivity contribution < 1.29 is 5.11 Å². The van der Waals surface area contributed by atoms with E-state index >= 15 is 0 Å². The number of rotatable bonds is 5. The number of hydrogen-bond donors (Lipinski definition) is 3. The highest BCUT2D eigenvalue weighted by Gasteiger charge is 2.27. The molecule has 0 saturated heterocycles. The van der Waals surface area contributed by atoms with E-state index in [0.717, 1.165) is 25.8 Å². The van der Waals surface area contributed by atoms with E-state index in [-0.39, 0.29) is 23.9 Å². The van der Waals surface area contributed by atoms with E-state index < -0.39 is 0 Å². The quantitative estimate of drug-likeness (QED) is 0.753. The van der Waals surface area contributed by atoms with Crippen molar-refractivity contribution in [3.63, 3.8) is 0 Å². The van der Waals surface area contributed by atoms with Crippen LogP contribution in [0.2, 0.25) is 5.28 Å². The zero-order chi connectivity index (χ0) is 13.0. The SMILES string of the molecule is CCNc1nc(Cl)nc(NC2CCCC2CO)n1. The molecule has 2 atom stereocenters. The summed E-state index contributed by atoms with van der Waals surface area (Å²) in [5, 5.41) is 15.7. The molecule has 1 aliphatic rings. The average molecular weight is 272 g/mol. The fraction of sp³-hybridized carbons (Fsp3) is 0.727. The Morgan fingerprint density at radius 3 is 2.78 bits per heavy atom. The molecule has 1 aromatic rings. The van der Waals surface area contributed by atoms with Crippen molar-refractivity contribution in [2.24, 2.45) is 5.92 Å². The Kier molecular flexibility index (Phi) is 4.54. The number of halogens is 1. The van der Waals surface area contributed by atoms with Crippen LogP contribution in [0.25, 0.3) is 0 Å². The fourth-order valence-electron chi connectivity index (χ4n) is 2.26. The number of hydrogen-bond acceptors (Lipinski definition) is 6. The Labute approximate surface area is 111 Å². The highest BCUT2D eigenvalue weighted by Crippen LogP contribution is 2.27. The van der Waals surface area contributed by atoms with Gasteiger partial charge < -0.3 is 15.7 Å². The van der Waals surface area contributed by atoms with Crippen molar-refractivity contribution >= 4 is 23.5 Å². The van der Waals surface area contributed by atoms with E-state index in [1.54, 1.807) is 0 Å². The van der Waals surface area contributed by atoms with Crippen LogP contribution in [0, 0.1) is 5.92 Å². The van der Waals surface area contributed by atoms with Gasteiger partial charge in [-0.2, -0.15) is 15.0 Å². The van der Waals surface area contributed by atoms with E-state index in [4.69, 9.17) is 11.6 Å². The third-order valence-electron chi connectivity index (χ3n) is 3.15. The number of aliphatic hydroxyl groups is 1. The largest absolute Gasteiger partial charge is 0.396 e. The molecule has 0 radical (unpaired) electrons. The molecule has 1 fully saturated rings. The smallest absolute Gasteiger partial charge is 0.229 e. The van der Waals surface area contributed by atoms with Crippen LogP contribution >= 0.6 is 11.6 Å². The van der Waals surface area contributed by atoms with Crippen molar-refractivity contribution in [3.8, 4) is 0 Å². The third kappa shape index (κ3) is 3.20. The van der Waals surface area contributed by atoms with Crippen LogP contribution in [-0.4, -0.2) is 39.3 Å². The molecule has 1 saturated carbocycles. The Morgan fingerprint density at radius 2 is 2.06 bits per heavy atom. The first kappa shape index (κ1) is 13.3. The molecule has 1 aromatic heterocycles. The van der Waals surface area contributed by atoms with Crippen LogP contribution in [0.5, 0.6) is 0 Å². The van der Waals surface area contributed by atoms with Crippen molar-refractivity contribution in [1.29, 1.82) is 0 Å². The van der Waals surface area contributed by atoms with Gasteiger partial charge >= 0.3 is 0 Å².